The average Bonchev–Trinajstić information content (AvgIpc) is 3.20. The quantitative estimate of drug-likeness (QED) is 0.626. The molecule has 2 aromatic rings. The van der Waals surface area contributed by atoms with Gasteiger partial charge in [-0.1, -0.05) is 13.8 Å². The number of barbiturate groups is 1. The van der Waals surface area contributed by atoms with Crippen LogP contribution in [0.4, 0.5) is 10.5 Å². The Labute approximate surface area is 167 Å². The van der Waals surface area contributed by atoms with Crippen LogP contribution in [0.2, 0.25) is 0 Å². The molecule has 150 valence electrons. The number of rotatable bonds is 1. The molecule has 0 aromatic carbocycles. The monoisotopic (exact) mass is 394 g/mol. The van der Waals surface area contributed by atoms with Gasteiger partial charge >= 0.3 is 6.03 Å². The lowest BCUT2D eigenvalue weighted by Gasteiger charge is -2.55. The van der Waals surface area contributed by atoms with Crippen molar-refractivity contribution in [2.45, 2.75) is 32.7 Å². The van der Waals surface area contributed by atoms with Crippen LogP contribution in [0.15, 0.2) is 24.5 Å². The van der Waals surface area contributed by atoms with Crippen molar-refractivity contribution in [1.82, 2.24) is 25.8 Å². The maximum Gasteiger partial charge on any atom is 0.328 e. The van der Waals surface area contributed by atoms with E-state index in [0.29, 0.717) is 11.6 Å². The van der Waals surface area contributed by atoms with Crippen LogP contribution in [0.1, 0.15) is 25.8 Å². The summed E-state index contributed by atoms with van der Waals surface area (Å²) in [5, 5.41) is 11.5. The number of hydrogen-bond acceptors (Lipinski definition) is 6. The Bertz CT molecular complexity index is 997. The number of H-pyrrole nitrogens is 1. The lowest BCUT2D eigenvalue weighted by Crippen LogP contribution is -2.73. The standard InChI is InChI=1S/C20H22N6O3/c1-10-5-11(2)16-20(17(27)23-19(29)24-18(20)28)7-12-6-14(13-3-4-22-25-13)21-8-15(12)26(16)9-10/h3-4,6,8,10-11,16H,5,7,9H2,1-2H3,(H,22,25)(H2,23,24,27,28,29)/t10-,11+,16+/m0/s1. The van der Waals surface area contributed by atoms with Gasteiger partial charge in [-0.2, -0.15) is 5.10 Å². The van der Waals surface area contributed by atoms with E-state index < -0.39 is 23.3 Å². The summed E-state index contributed by atoms with van der Waals surface area (Å²) in [6.45, 7) is 4.97. The highest BCUT2D eigenvalue weighted by Crippen LogP contribution is 2.49. The lowest BCUT2D eigenvalue weighted by atomic mass is 9.62. The van der Waals surface area contributed by atoms with Crippen LogP contribution in [0.25, 0.3) is 11.4 Å². The summed E-state index contributed by atoms with van der Waals surface area (Å²) >= 11 is 0. The second kappa shape index (κ2) is 6.13. The van der Waals surface area contributed by atoms with Crippen molar-refractivity contribution >= 4 is 23.5 Å². The first kappa shape index (κ1) is 17.8. The largest absolute Gasteiger partial charge is 0.365 e. The minimum Gasteiger partial charge on any atom is -0.365 e. The number of urea groups is 1. The smallest absolute Gasteiger partial charge is 0.328 e. The fraction of sp³-hybridized carbons (Fsp3) is 0.450. The third-order valence-corrected chi connectivity index (χ3v) is 6.45. The molecule has 5 rings (SSSR count). The Morgan fingerprint density at radius 1 is 1.17 bits per heavy atom. The van der Waals surface area contributed by atoms with Crippen molar-refractivity contribution in [2.24, 2.45) is 17.3 Å². The van der Waals surface area contributed by atoms with Gasteiger partial charge in [0, 0.05) is 12.7 Å². The molecular weight excluding hydrogens is 372 g/mol. The zero-order valence-electron chi connectivity index (χ0n) is 16.2. The van der Waals surface area contributed by atoms with E-state index in [2.05, 4.69) is 44.6 Å². The van der Waals surface area contributed by atoms with Crippen LogP contribution < -0.4 is 15.5 Å². The molecule has 0 radical (unpaired) electrons. The molecule has 9 nitrogen and oxygen atoms in total. The summed E-state index contributed by atoms with van der Waals surface area (Å²) in [5.74, 6) is -0.529. The average molecular weight is 394 g/mol. The number of piperidine rings is 1. The number of nitrogens with zero attached hydrogens (tertiary/aromatic N) is 3. The molecular formula is C20H22N6O3. The first-order valence-corrected chi connectivity index (χ1v) is 9.82. The molecule has 5 heterocycles. The van der Waals surface area contributed by atoms with Gasteiger partial charge in [-0.15, -0.1) is 0 Å². The highest BCUT2D eigenvalue weighted by molar-refractivity contribution is 6.20. The minimum absolute atomic E-state index is 0.101. The summed E-state index contributed by atoms with van der Waals surface area (Å²) in [6.07, 6.45) is 4.60. The third kappa shape index (κ3) is 2.49. The fourth-order valence-electron chi connectivity index (χ4n) is 5.43. The highest BCUT2D eigenvalue weighted by atomic mass is 16.2. The molecule has 3 atom stereocenters. The van der Waals surface area contributed by atoms with E-state index in [0.717, 1.165) is 29.9 Å². The van der Waals surface area contributed by atoms with Gasteiger partial charge in [-0.25, -0.2) is 4.79 Å². The van der Waals surface area contributed by atoms with Crippen molar-refractivity contribution in [3.8, 4) is 11.4 Å². The molecule has 0 bridgehead atoms. The number of carbonyl (C=O) groups is 3. The SMILES string of the molecule is C[C@H]1C[C@@H](C)[C@H]2N(C1)c1cnc(-c3ccn[nH]3)cc1CC21C(=O)NC(=O)NC1=O. The molecule has 3 N–H and O–H groups in total. The molecule has 0 unspecified atom stereocenters. The van der Waals surface area contributed by atoms with E-state index in [4.69, 9.17) is 0 Å². The molecule has 2 saturated heterocycles. The van der Waals surface area contributed by atoms with Gasteiger partial charge < -0.3 is 4.90 Å². The van der Waals surface area contributed by atoms with E-state index in [1.54, 1.807) is 6.20 Å². The van der Waals surface area contributed by atoms with Gasteiger partial charge in [-0.3, -0.25) is 30.3 Å². The second-order valence-electron chi connectivity index (χ2n) is 8.47. The minimum atomic E-state index is -1.35. The number of amides is 4. The van der Waals surface area contributed by atoms with Crippen molar-refractivity contribution < 1.29 is 14.4 Å². The predicted octanol–water partition coefficient (Wildman–Crippen LogP) is 1.23. The number of carbonyl (C=O) groups excluding carboxylic acids is 3. The number of pyridine rings is 1. The molecule has 0 saturated carbocycles. The topological polar surface area (TPSA) is 120 Å². The molecule has 3 aliphatic heterocycles. The van der Waals surface area contributed by atoms with E-state index in [1.807, 2.05) is 18.3 Å². The Morgan fingerprint density at radius 2 is 1.93 bits per heavy atom. The van der Waals surface area contributed by atoms with E-state index in [-0.39, 0.29) is 18.4 Å². The number of aromatic nitrogens is 3. The van der Waals surface area contributed by atoms with Crippen molar-refractivity contribution in [1.29, 1.82) is 0 Å². The first-order valence-electron chi connectivity index (χ1n) is 9.82. The van der Waals surface area contributed by atoms with Crippen LogP contribution in [-0.4, -0.2) is 45.6 Å². The van der Waals surface area contributed by atoms with Crippen molar-refractivity contribution in [3.05, 3.63) is 30.1 Å². The molecule has 9 heteroatoms. The summed E-state index contributed by atoms with van der Waals surface area (Å²) in [5.41, 5.74) is 1.91. The third-order valence-electron chi connectivity index (χ3n) is 6.45. The summed E-state index contributed by atoms with van der Waals surface area (Å²) < 4.78 is 0. The number of nitrogens with one attached hydrogen (secondary N) is 3. The number of anilines is 1. The number of hydrogen-bond donors (Lipinski definition) is 3. The fourth-order valence-corrected chi connectivity index (χ4v) is 5.43. The van der Waals surface area contributed by atoms with Gasteiger partial charge in [0.25, 0.3) is 0 Å². The molecule has 2 aromatic heterocycles. The maximum absolute atomic E-state index is 13.1. The van der Waals surface area contributed by atoms with Crippen LogP contribution in [0.5, 0.6) is 0 Å². The summed E-state index contributed by atoms with van der Waals surface area (Å²) in [4.78, 5) is 44.8. The van der Waals surface area contributed by atoms with Crippen LogP contribution in [0, 0.1) is 17.3 Å². The molecule has 4 amide bonds. The zero-order chi connectivity index (χ0) is 20.3. The van der Waals surface area contributed by atoms with E-state index >= 15 is 0 Å². The Morgan fingerprint density at radius 3 is 2.62 bits per heavy atom. The van der Waals surface area contributed by atoms with Gasteiger partial charge in [0.1, 0.15) is 0 Å². The van der Waals surface area contributed by atoms with Crippen LogP contribution >= 0.6 is 0 Å². The number of aromatic amines is 1. The predicted molar refractivity (Wildman–Crippen MR) is 104 cm³/mol. The zero-order valence-corrected chi connectivity index (χ0v) is 16.2. The molecule has 29 heavy (non-hydrogen) atoms. The van der Waals surface area contributed by atoms with Crippen molar-refractivity contribution in [3.63, 3.8) is 0 Å². The second-order valence-corrected chi connectivity index (χ2v) is 8.47. The molecule has 1 spiro atoms. The highest BCUT2D eigenvalue weighted by Gasteiger charge is 2.62. The number of fused-ring (bicyclic) bond motifs is 4. The van der Waals surface area contributed by atoms with E-state index in [1.165, 1.54) is 0 Å². The normalized spacial score (nSPS) is 27.9. The Balaban J connectivity index is 1.69. The van der Waals surface area contributed by atoms with Crippen molar-refractivity contribution in [2.75, 3.05) is 11.4 Å². The summed E-state index contributed by atoms with van der Waals surface area (Å²) in [6, 6.07) is 2.63. The first-order chi connectivity index (χ1) is 13.9. The summed E-state index contributed by atoms with van der Waals surface area (Å²) in [7, 11) is 0. The van der Waals surface area contributed by atoms with Gasteiger partial charge in [-0.05, 0) is 42.4 Å². The molecule has 2 fully saturated rings. The van der Waals surface area contributed by atoms with Crippen LogP contribution in [0.3, 0.4) is 0 Å². The van der Waals surface area contributed by atoms with E-state index in [9.17, 15) is 14.4 Å². The number of imide groups is 2. The molecule has 0 aliphatic carbocycles. The van der Waals surface area contributed by atoms with Crippen LogP contribution in [-0.2, 0) is 16.0 Å². The maximum atomic E-state index is 13.1. The lowest BCUT2D eigenvalue weighted by molar-refractivity contribution is -0.148. The Hall–Kier alpha value is -3.23. The molecule has 3 aliphatic rings. The van der Waals surface area contributed by atoms with Gasteiger partial charge in [0.2, 0.25) is 11.8 Å². The van der Waals surface area contributed by atoms with Gasteiger partial charge in [0.15, 0.2) is 5.41 Å². The van der Waals surface area contributed by atoms with Gasteiger partial charge in [0.05, 0.1) is 29.3 Å². The Kier molecular flexibility index (Phi) is 3.77.